The first-order chi connectivity index (χ1) is 7.86. The fraction of sp³-hybridized carbons (Fsp3) is 0.923. The molecule has 0 spiro atoms. The van der Waals surface area contributed by atoms with E-state index in [1.807, 2.05) is 0 Å². The van der Waals surface area contributed by atoms with Crippen molar-refractivity contribution in [3.63, 3.8) is 0 Å². The highest BCUT2D eigenvalue weighted by Crippen LogP contribution is 2.54. The number of fused-ring (bicyclic) bond motifs is 1. The van der Waals surface area contributed by atoms with Gasteiger partial charge in [0, 0.05) is 5.92 Å². The van der Waals surface area contributed by atoms with E-state index in [9.17, 15) is 0 Å². The molecule has 2 unspecified atom stereocenters. The third-order valence-corrected chi connectivity index (χ3v) is 4.67. The Labute approximate surface area is 97.9 Å². The molecule has 0 amide bonds. The number of rotatable bonds is 2. The van der Waals surface area contributed by atoms with Gasteiger partial charge in [-0.2, -0.15) is 0 Å². The minimum atomic E-state index is 0.553. The van der Waals surface area contributed by atoms with Crippen molar-refractivity contribution in [2.75, 3.05) is 0 Å². The predicted octanol–water partition coefficient (Wildman–Crippen LogP) is 2.23. The molecule has 3 saturated carbocycles. The quantitative estimate of drug-likeness (QED) is 0.325. The number of hydrazine groups is 1. The van der Waals surface area contributed by atoms with Crippen LogP contribution in [-0.4, -0.2) is 11.9 Å². The number of nitrogens with two attached hydrogens (primary N) is 1. The smallest absolute Gasteiger partial charge is 0.114 e. The second kappa shape index (κ2) is 4.36. The predicted molar refractivity (Wildman–Crippen MR) is 66.0 cm³/mol. The van der Waals surface area contributed by atoms with E-state index < -0.39 is 0 Å². The molecule has 0 heterocycles. The van der Waals surface area contributed by atoms with Crippen LogP contribution in [-0.2, 0) is 0 Å². The highest BCUT2D eigenvalue weighted by molar-refractivity contribution is 5.84. The Hall–Kier alpha value is -0.570. The SMILES string of the molecule is NNC(=NC1CCCCC1)C1CC2CC2C1. The van der Waals surface area contributed by atoms with Crippen molar-refractivity contribution in [2.45, 2.75) is 57.4 Å². The Balaban J connectivity index is 1.62. The molecule has 0 bridgehead atoms. The van der Waals surface area contributed by atoms with Gasteiger partial charge in [0.15, 0.2) is 0 Å². The van der Waals surface area contributed by atoms with E-state index in [1.54, 1.807) is 0 Å². The fourth-order valence-corrected chi connectivity index (χ4v) is 3.61. The molecule has 0 aromatic carbocycles. The zero-order valence-corrected chi connectivity index (χ0v) is 9.99. The second-order valence-corrected chi connectivity index (χ2v) is 5.87. The molecule has 16 heavy (non-hydrogen) atoms. The van der Waals surface area contributed by atoms with Gasteiger partial charge < -0.3 is 5.43 Å². The van der Waals surface area contributed by atoms with Crippen LogP contribution in [0.2, 0.25) is 0 Å². The number of hydrogen-bond donors (Lipinski definition) is 2. The number of amidine groups is 1. The topological polar surface area (TPSA) is 50.4 Å². The molecule has 3 N–H and O–H groups in total. The fourth-order valence-electron chi connectivity index (χ4n) is 3.61. The zero-order valence-electron chi connectivity index (χ0n) is 9.99. The summed E-state index contributed by atoms with van der Waals surface area (Å²) in [5.41, 5.74) is 2.88. The number of aliphatic imine (C=N–C) groups is 1. The first-order valence-corrected chi connectivity index (χ1v) is 6.91. The summed E-state index contributed by atoms with van der Waals surface area (Å²) < 4.78 is 0. The third kappa shape index (κ3) is 2.10. The Morgan fingerprint density at radius 1 is 1.00 bits per heavy atom. The molecule has 0 aromatic rings. The Morgan fingerprint density at radius 2 is 1.69 bits per heavy atom. The molecule has 90 valence electrons. The van der Waals surface area contributed by atoms with Crippen LogP contribution in [0.1, 0.15) is 51.4 Å². The van der Waals surface area contributed by atoms with E-state index in [2.05, 4.69) is 5.43 Å². The average molecular weight is 221 g/mol. The summed E-state index contributed by atoms with van der Waals surface area (Å²) in [6.07, 6.45) is 10.8. The molecule has 0 saturated heterocycles. The molecule has 3 heteroatoms. The maximum atomic E-state index is 5.65. The van der Waals surface area contributed by atoms with Gasteiger partial charge in [0.05, 0.1) is 6.04 Å². The van der Waals surface area contributed by atoms with Gasteiger partial charge in [-0.3, -0.25) is 4.99 Å². The van der Waals surface area contributed by atoms with Crippen molar-refractivity contribution in [1.29, 1.82) is 0 Å². The zero-order chi connectivity index (χ0) is 11.0. The van der Waals surface area contributed by atoms with Crippen molar-refractivity contribution >= 4 is 5.84 Å². The largest absolute Gasteiger partial charge is 0.312 e. The van der Waals surface area contributed by atoms with Gasteiger partial charge in [-0.25, -0.2) is 5.84 Å². The van der Waals surface area contributed by atoms with Crippen LogP contribution in [0.4, 0.5) is 0 Å². The van der Waals surface area contributed by atoms with E-state index in [0.717, 1.165) is 17.7 Å². The molecule has 3 aliphatic rings. The molecule has 0 aliphatic heterocycles. The summed E-state index contributed by atoms with van der Waals surface area (Å²) in [6, 6.07) is 0.553. The van der Waals surface area contributed by atoms with Crippen LogP contribution in [0, 0.1) is 17.8 Å². The molecule has 3 nitrogen and oxygen atoms in total. The molecule has 3 aliphatic carbocycles. The minimum Gasteiger partial charge on any atom is -0.312 e. The Morgan fingerprint density at radius 3 is 2.31 bits per heavy atom. The summed E-state index contributed by atoms with van der Waals surface area (Å²) >= 11 is 0. The van der Waals surface area contributed by atoms with Gasteiger partial charge in [0.2, 0.25) is 0 Å². The number of hydrogen-bond acceptors (Lipinski definition) is 2. The highest BCUT2D eigenvalue weighted by atomic mass is 15.3. The van der Waals surface area contributed by atoms with Crippen LogP contribution in [0.3, 0.4) is 0 Å². The van der Waals surface area contributed by atoms with Crippen molar-refractivity contribution in [2.24, 2.45) is 28.6 Å². The molecular formula is C13H23N3. The molecule has 3 rings (SSSR count). The Kier molecular flexibility index (Phi) is 2.88. The van der Waals surface area contributed by atoms with Crippen LogP contribution >= 0.6 is 0 Å². The second-order valence-electron chi connectivity index (χ2n) is 5.87. The number of nitrogens with one attached hydrogen (secondary N) is 1. The first-order valence-electron chi connectivity index (χ1n) is 6.91. The van der Waals surface area contributed by atoms with Crippen LogP contribution in [0.5, 0.6) is 0 Å². The van der Waals surface area contributed by atoms with E-state index >= 15 is 0 Å². The van der Waals surface area contributed by atoms with E-state index in [0.29, 0.717) is 12.0 Å². The summed E-state index contributed by atoms with van der Waals surface area (Å²) in [5.74, 6) is 9.43. The van der Waals surface area contributed by atoms with Gasteiger partial charge in [-0.05, 0) is 43.9 Å². The van der Waals surface area contributed by atoms with Crippen molar-refractivity contribution in [3.8, 4) is 0 Å². The summed E-state index contributed by atoms with van der Waals surface area (Å²) in [6.45, 7) is 0. The van der Waals surface area contributed by atoms with Gasteiger partial charge in [0.1, 0.15) is 5.84 Å². The maximum absolute atomic E-state index is 5.65. The standard InChI is InChI=1S/C13H23N3/c14-16-13(11-7-9-6-10(9)8-11)15-12-4-2-1-3-5-12/h9-12H,1-8,14H2,(H,15,16). The molecule has 0 aromatic heterocycles. The number of nitrogens with zero attached hydrogens (tertiary/aromatic N) is 1. The van der Waals surface area contributed by atoms with Crippen LogP contribution in [0.25, 0.3) is 0 Å². The lowest BCUT2D eigenvalue weighted by Gasteiger charge is -2.22. The average Bonchev–Trinajstić information content (AvgIpc) is 2.94. The lowest BCUT2D eigenvalue weighted by atomic mass is 9.95. The van der Waals surface area contributed by atoms with Gasteiger partial charge in [0.25, 0.3) is 0 Å². The lowest BCUT2D eigenvalue weighted by Crippen LogP contribution is -2.37. The van der Waals surface area contributed by atoms with E-state index in [-0.39, 0.29) is 0 Å². The normalized spacial score (nSPS) is 39.6. The molecule has 3 fully saturated rings. The van der Waals surface area contributed by atoms with Crippen LogP contribution < -0.4 is 11.3 Å². The maximum Gasteiger partial charge on any atom is 0.114 e. The summed E-state index contributed by atoms with van der Waals surface area (Å²) in [4.78, 5) is 4.87. The van der Waals surface area contributed by atoms with Gasteiger partial charge >= 0.3 is 0 Å². The van der Waals surface area contributed by atoms with E-state index in [1.165, 1.54) is 51.4 Å². The van der Waals surface area contributed by atoms with Crippen molar-refractivity contribution < 1.29 is 0 Å². The van der Waals surface area contributed by atoms with Gasteiger partial charge in [-0.1, -0.05) is 19.3 Å². The van der Waals surface area contributed by atoms with E-state index in [4.69, 9.17) is 10.8 Å². The van der Waals surface area contributed by atoms with Crippen LogP contribution in [0.15, 0.2) is 4.99 Å². The minimum absolute atomic E-state index is 0.553. The lowest BCUT2D eigenvalue weighted by molar-refractivity contribution is 0.438. The van der Waals surface area contributed by atoms with Crippen molar-refractivity contribution in [1.82, 2.24) is 5.43 Å². The summed E-state index contributed by atoms with van der Waals surface area (Å²) in [7, 11) is 0. The Bertz CT molecular complexity index is 271. The van der Waals surface area contributed by atoms with Crippen molar-refractivity contribution in [3.05, 3.63) is 0 Å². The summed E-state index contributed by atoms with van der Waals surface area (Å²) in [5, 5.41) is 0. The molecular weight excluding hydrogens is 198 g/mol. The molecule has 2 atom stereocenters. The third-order valence-electron chi connectivity index (χ3n) is 4.67. The monoisotopic (exact) mass is 221 g/mol. The van der Waals surface area contributed by atoms with Gasteiger partial charge in [-0.15, -0.1) is 0 Å². The molecule has 0 radical (unpaired) electrons. The highest BCUT2D eigenvalue weighted by Gasteiger charge is 2.47. The first kappa shape index (κ1) is 10.6.